The molecule has 0 saturated heterocycles. The van der Waals surface area contributed by atoms with Gasteiger partial charge in [-0.2, -0.15) is 0 Å². The first-order valence-electron chi connectivity index (χ1n) is 9.57. The van der Waals surface area contributed by atoms with E-state index in [1.54, 1.807) is 45.4 Å². The lowest BCUT2D eigenvalue weighted by molar-refractivity contribution is -0.149. The van der Waals surface area contributed by atoms with Crippen LogP contribution >= 0.6 is 0 Å². The lowest BCUT2D eigenvalue weighted by atomic mass is 9.88. The number of hydrogen-bond acceptors (Lipinski definition) is 5. The summed E-state index contributed by atoms with van der Waals surface area (Å²) >= 11 is 0. The van der Waals surface area contributed by atoms with Crippen molar-refractivity contribution in [2.75, 3.05) is 20.8 Å². The maximum atomic E-state index is 13.2. The van der Waals surface area contributed by atoms with Gasteiger partial charge in [0, 0.05) is 32.0 Å². The number of rotatable bonds is 6. The van der Waals surface area contributed by atoms with Gasteiger partial charge < -0.3 is 19.7 Å². The Hall–Kier alpha value is -3.09. The topological polar surface area (TPSA) is 80.8 Å². The second-order valence-corrected chi connectivity index (χ2v) is 7.62. The monoisotopic (exact) mass is 397 g/mol. The molecule has 154 valence electrons. The van der Waals surface area contributed by atoms with E-state index < -0.39 is 5.41 Å². The Morgan fingerprint density at radius 2 is 1.72 bits per heavy atom. The van der Waals surface area contributed by atoms with Gasteiger partial charge in [0.25, 0.3) is 0 Å². The first kappa shape index (κ1) is 20.6. The summed E-state index contributed by atoms with van der Waals surface area (Å²) in [5.41, 5.74) is 1.91. The molecule has 0 saturated carbocycles. The number of hydrogen-bond donors (Lipinski definition) is 1. The molecule has 0 radical (unpaired) electrons. The summed E-state index contributed by atoms with van der Waals surface area (Å²) in [6.45, 7) is 4.69. The summed E-state index contributed by atoms with van der Waals surface area (Å²) in [6, 6.07) is 7.53. The van der Waals surface area contributed by atoms with Gasteiger partial charge in [-0.3, -0.25) is 14.6 Å². The Morgan fingerprint density at radius 1 is 1.10 bits per heavy atom. The highest BCUT2D eigenvalue weighted by Gasteiger charge is 2.40. The van der Waals surface area contributed by atoms with Crippen LogP contribution in [-0.2, 0) is 29.1 Å². The maximum Gasteiger partial charge on any atom is 0.238 e. The van der Waals surface area contributed by atoms with E-state index in [0.29, 0.717) is 37.6 Å². The number of benzene rings is 1. The summed E-state index contributed by atoms with van der Waals surface area (Å²) in [5, 5.41) is 2.86. The molecule has 1 aliphatic heterocycles. The molecule has 2 amide bonds. The smallest absolute Gasteiger partial charge is 0.238 e. The number of aromatic nitrogens is 1. The van der Waals surface area contributed by atoms with Gasteiger partial charge in [-0.25, -0.2) is 0 Å². The van der Waals surface area contributed by atoms with E-state index in [1.807, 2.05) is 24.3 Å². The van der Waals surface area contributed by atoms with Gasteiger partial charge in [-0.1, -0.05) is 0 Å². The molecule has 0 spiro atoms. The minimum atomic E-state index is -1.17. The van der Waals surface area contributed by atoms with Crippen molar-refractivity contribution >= 4 is 11.8 Å². The van der Waals surface area contributed by atoms with Crippen molar-refractivity contribution < 1.29 is 19.1 Å². The van der Waals surface area contributed by atoms with Gasteiger partial charge in [-0.15, -0.1) is 0 Å². The molecule has 2 aromatic rings. The number of pyridine rings is 1. The minimum absolute atomic E-state index is 0.190. The SMILES string of the molecule is COc1cc2c(cc1OC)CN(C(=O)C(C)(C)C(=O)NCc1ccncc1)CC2. The summed E-state index contributed by atoms with van der Waals surface area (Å²) in [7, 11) is 3.20. The predicted octanol–water partition coefficient (Wildman–Crippen LogP) is 2.33. The van der Waals surface area contributed by atoms with Gasteiger partial charge in [-0.05, 0) is 61.2 Å². The Labute approximate surface area is 171 Å². The van der Waals surface area contributed by atoms with Crippen LogP contribution in [0.5, 0.6) is 11.5 Å². The number of fused-ring (bicyclic) bond motifs is 1. The molecule has 7 heteroatoms. The Morgan fingerprint density at radius 3 is 2.34 bits per heavy atom. The molecule has 0 aliphatic carbocycles. The molecule has 1 N–H and O–H groups in total. The third-order valence-electron chi connectivity index (χ3n) is 5.31. The molecular formula is C22H27N3O4. The number of methoxy groups -OCH3 is 2. The normalized spacial score (nSPS) is 13.4. The number of amides is 2. The summed E-state index contributed by atoms with van der Waals surface area (Å²) in [5.74, 6) is 0.833. The van der Waals surface area contributed by atoms with Crippen molar-refractivity contribution in [3.05, 3.63) is 53.3 Å². The number of ether oxygens (including phenoxy) is 2. The van der Waals surface area contributed by atoms with E-state index in [4.69, 9.17) is 9.47 Å². The lowest BCUT2D eigenvalue weighted by Crippen LogP contribution is -2.50. The summed E-state index contributed by atoms with van der Waals surface area (Å²) < 4.78 is 10.7. The van der Waals surface area contributed by atoms with Crippen LogP contribution in [0.15, 0.2) is 36.7 Å². The second kappa shape index (κ2) is 8.51. The fourth-order valence-corrected chi connectivity index (χ4v) is 3.45. The van der Waals surface area contributed by atoms with Crippen molar-refractivity contribution in [2.45, 2.75) is 33.4 Å². The van der Waals surface area contributed by atoms with Gasteiger partial charge in [0.05, 0.1) is 14.2 Å². The van der Waals surface area contributed by atoms with Gasteiger partial charge in [0.1, 0.15) is 5.41 Å². The van der Waals surface area contributed by atoms with E-state index in [2.05, 4.69) is 10.3 Å². The first-order chi connectivity index (χ1) is 13.9. The molecule has 3 rings (SSSR count). The van der Waals surface area contributed by atoms with Crippen LogP contribution in [0.4, 0.5) is 0 Å². The van der Waals surface area contributed by atoms with Crippen LogP contribution in [0, 0.1) is 5.41 Å². The third-order valence-corrected chi connectivity index (χ3v) is 5.31. The zero-order valence-corrected chi connectivity index (χ0v) is 17.3. The van der Waals surface area contributed by atoms with Crippen LogP contribution in [0.25, 0.3) is 0 Å². The fraction of sp³-hybridized carbons (Fsp3) is 0.409. The quantitative estimate of drug-likeness (QED) is 0.757. The Kier molecular flexibility index (Phi) is 6.06. The molecule has 0 unspecified atom stereocenters. The highest BCUT2D eigenvalue weighted by atomic mass is 16.5. The third kappa shape index (κ3) is 4.34. The van der Waals surface area contributed by atoms with Crippen LogP contribution < -0.4 is 14.8 Å². The van der Waals surface area contributed by atoms with Crippen LogP contribution in [-0.4, -0.2) is 42.5 Å². The predicted molar refractivity (Wildman–Crippen MR) is 109 cm³/mol. The molecule has 1 aliphatic rings. The van der Waals surface area contributed by atoms with Crippen LogP contribution in [0.3, 0.4) is 0 Å². The zero-order chi connectivity index (χ0) is 21.0. The van der Waals surface area contributed by atoms with Crippen molar-refractivity contribution in [1.82, 2.24) is 15.2 Å². The molecule has 0 bridgehead atoms. The molecule has 1 aromatic carbocycles. The van der Waals surface area contributed by atoms with Gasteiger partial charge >= 0.3 is 0 Å². The molecule has 29 heavy (non-hydrogen) atoms. The molecule has 0 atom stereocenters. The van der Waals surface area contributed by atoms with Crippen molar-refractivity contribution in [3.63, 3.8) is 0 Å². The highest BCUT2D eigenvalue weighted by Crippen LogP contribution is 2.34. The number of carbonyl (C=O) groups excluding carboxylic acids is 2. The van der Waals surface area contributed by atoms with Crippen LogP contribution in [0.2, 0.25) is 0 Å². The molecular weight excluding hydrogens is 370 g/mol. The van der Waals surface area contributed by atoms with E-state index >= 15 is 0 Å². The van der Waals surface area contributed by atoms with E-state index in [9.17, 15) is 9.59 Å². The average molecular weight is 397 g/mol. The molecule has 7 nitrogen and oxygen atoms in total. The van der Waals surface area contributed by atoms with Gasteiger partial charge in [0.2, 0.25) is 11.8 Å². The Balaban J connectivity index is 1.70. The van der Waals surface area contributed by atoms with Crippen molar-refractivity contribution in [1.29, 1.82) is 0 Å². The summed E-state index contributed by atoms with van der Waals surface area (Å²) in [4.78, 5) is 31.6. The number of nitrogens with zero attached hydrogens (tertiary/aromatic N) is 2. The fourth-order valence-electron chi connectivity index (χ4n) is 3.45. The second-order valence-electron chi connectivity index (χ2n) is 7.62. The molecule has 2 heterocycles. The largest absolute Gasteiger partial charge is 0.493 e. The van der Waals surface area contributed by atoms with Gasteiger partial charge in [0.15, 0.2) is 11.5 Å². The first-order valence-corrected chi connectivity index (χ1v) is 9.57. The lowest BCUT2D eigenvalue weighted by Gasteiger charge is -2.34. The highest BCUT2D eigenvalue weighted by molar-refractivity contribution is 6.04. The summed E-state index contributed by atoms with van der Waals surface area (Å²) in [6.07, 6.45) is 4.05. The number of carbonyl (C=O) groups is 2. The number of nitrogens with one attached hydrogen (secondary N) is 1. The van der Waals surface area contributed by atoms with E-state index in [-0.39, 0.29) is 11.8 Å². The molecule has 0 fully saturated rings. The maximum absolute atomic E-state index is 13.2. The van der Waals surface area contributed by atoms with Crippen LogP contribution in [0.1, 0.15) is 30.5 Å². The van der Waals surface area contributed by atoms with E-state index in [1.165, 1.54) is 0 Å². The van der Waals surface area contributed by atoms with E-state index in [0.717, 1.165) is 16.7 Å². The standard InChI is InChI=1S/C22H27N3O4/c1-22(2,20(26)24-13-15-5-8-23-9-6-15)21(27)25-10-7-16-11-18(28-3)19(29-4)12-17(16)14-25/h5-6,8-9,11-12H,7,10,13-14H2,1-4H3,(H,24,26). The van der Waals surface area contributed by atoms with Crippen molar-refractivity contribution in [2.24, 2.45) is 5.41 Å². The average Bonchev–Trinajstić information content (AvgIpc) is 2.76. The minimum Gasteiger partial charge on any atom is -0.493 e. The molecule has 1 aromatic heterocycles. The zero-order valence-electron chi connectivity index (χ0n) is 17.3. The van der Waals surface area contributed by atoms with Crippen molar-refractivity contribution in [3.8, 4) is 11.5 Å². The Bertz CT molecular complexity index is 896.